The molecule has 104 valence electrons. The molecule has 0 radical (unpaired) electrons. The van der Waals surface area contributed by atoms with Gasteiger partial charge in [-0.1, -0.05) is 23.2 Å². The first-order valence-electron chi connectivity index (χ1n) is 6.52. The van der Waals surface area contributed by atoms with E-state index in [1.807, 2.05) is 4.90 Å². The Kier molecular flexibility index (Phi) is 4.71. The summed E-state index contributed by atoms with van der Waals surface area (Å²) in [5.74, 6) is -0.0739. The Labute approximate surface area is 123 Å². The van der Waals surface area contributed by atoms with Gasteiger partial charge in [0.25, 0.3) is 5.91 Å². The number of benzene rings is 1. The Morgan fingerprint density at radius 3 is 2.84 bits per heavy atom. The molecule has 2 rings (SSSR count). The maximum Gasteiger partial charge on any atom is 0.255 e. The largest absolute Gasteiger partial charge is 0.332 e. The number of carbonyl (C=O) groups excluding carboxylic acids is 1. The Morgan fingerprint density at radius 1 is 1.42 bits per heavy atom. The number of hydrogen-bond donors (Lipinski definition) is 1. The molecule has 1 amide bonds. The van der Waals surface area contributed by atoms with Gasteiger partial charge in [-0.3, -0.25) is 4.79 Å². The standard InChI is InChI=1S/C14H18Cl2N2O/c1-9-3-2-4-11(8-17)18(9)14(19)12-7-10(15)5-6-13(12)16/h5-7,9,11H,2-4,8,17H2,1H3. The Morgan fingerprint density at radius 2 is 2.16 bits per heavy atom. The molecule has 1 fully saturated rings. The molecule has 1 aromatic rings. The van der Waals surface area contributed by atoms with Crippen LogP contribution in [0.5, 0.6) is 0 Å². The van der Waals surface area contributed by atoms with E-state index >= 15 is 0 Å². The Balaban J connectivity index is 2.33. The van der Waals surface area contributed by atoms with Crippen LogP contribution in [0.4, 0.5) is 0 Å². The van der Waals surface area contributed by atoms with Gasteiger partial charge in [-0.25, -0.2) is 0 Å². The molecule has 1 saturated heterocycles. The number of halogens is 2. The molecule has 0 spiro atoms. The third-order valence-electron chi connectivity index (χ3n) is 3.69. The van der Waals surface area contributed by atoms with Crippen molar-refractivity contribution < 1.29 is 4.79 Å². The van der Waals surface area contributed by atoms with Gasteiger partial charge in [0, 0.05) is 23.7 Å². The van der Waals surface area contributed by atoms with Gasteiger partial charge < -0.3 is 10.6 Å². The molecule has 5 heteroatoms. The average Bonchev–Trinajstić information content (AvgIpc) is 2.40. The van der Waals surface area contributed by atoms with Gasteiger partial charge in [0.05, 0.1) is 10.6 Å². The number of hydrogen-bond acceptors (Lipinski definition) is 2. The van der Waals surface area contributed by atoms with E-state index in [1.54, 1.807) is 18.2 Å². The summed E-state index contributed by atoms with van der Waals surface area (Å²) in [5.41, 5.74) is 6.25. The Bertz CT molecular complexity index is 479. The molecule has 19 heavy (non-hydrogen) atoms. The maximum absolute atomic E-state index is 12.7. The zero-order chi connectivity index (χ0) is 14.0. The number of nitrogens with two attached hydrogens (primary N) is 1. The molecule has 2 N–H and O–H groups in total. The summed E-state index contributed by atoms with van der Waals surface area (Å²) in [7, 11) is 0. The van der Waals surface area contributed by atoms with Crippen LogP contribution < -0.4 is 5.73 Å². The van der Waals surface area contributed by atoms with Crippen molar-refractivity contribution in [2.75, 3.05) is 6.54 Å². The summed E-state index contributed by atoms with van der Waals surface area (Å²) in [5, 5.41) is 0.949. The van der Waals surface area contributed by atoms with Crippen molar-refractivity contribution in [1.82, 2.24) is 4.90 Å². The molecule has 2 atom stereocenters. The van der Waals surface area contributed by atoms with Crippen LogP contribution in [0, 0.1) is 0 Å². The van der Waals surface area contributed by atoms with Gasteiger partial charge in [0.15, 0.2) is 0 Å². The molecule has 0 aliphatic carbocycles. The lowest BCUT2D eigenvalue weighted by Gasteiger charge is -2.40. The SMILES string of the molecule is CC1CCCC(CN)N1C(=O)c1cc(Cl)ccc1Cl. The first-order valence-corrected chi connectivity index (χ1v) is 7.28. The zero-order valence-electron chi connectivity index (χ0n) is 10.9. The smallest absolute Gasteiger partial charge is 0.255 e. The van der Waals surface area contributed by atoms with Crippen LogP contribution in [0.2, 0.25) is 10.0 Å². The minimum absolute atomic E-state index is 0.0739. The van der Waals surface area contributed by atoms with E-state index in [-0.39, 0.29) is 18.0 Å². The number of carbonyl (C=O) groups is 1. The topological polar surface area (TPSA) is 46.3 Å². The van der Waals surface area contributed by atoms with Crippen LogP contribution in [0.3, 0.4) is 0 Å². The van der Waals surface area contributed by atoms with Gasteiger partial charge in [-0.05, 0) is 44.4 Å². The average molecular weight is 301 g/mol. The van der Waals surface area contributed by atoms with E-state index in [0.29, 0.717) is 22.2 Å². The third-order valence-corrected chi connectivity index (χ3v) is 4.26. The van der Waals surface area contributed by atoms with Gasteiger partial charge in [-0.15, -0.1) is 0 Å². The lowest BCUT2D eigenvalue weighted by atomic mass is 9.95. The van der Waals surface area contributed by atoms with Crippen LogP contribution in [0.15, 0.2) is 18.2 Å². The molecular formula is C14H18Cl2N2O. The van der Waals surface area contributed by atoms with E-state index in [2.05, 4.69) is 6.92 Å². The van der Waals surface area contributed by atoms with E-state index in [0.717, 1.165) is 19.3 Å². The summed E-state index contributed by atoms with van der Waals surface area (Å²) in [4.78, 5) is 14.5. The minimum atomic E-state index is -0.0739. The molecule has 3 nitrogen and oxygen atoms in total. The first-order chi connectivity index (χ1) is 9.04. The van der Waals surface area contributed by atoms with Gasteiger partial charge in [0.2, 0.25) is 0 Å². The third kappa shape index (κ3) is 3.04. The van der Waals surface area contributed by atoms with Crippen molar-refractivity contribution in [3.63, 3.8) is 0 Å². The molecular weight excluding hydrogens is 283 g/mol. The van der Waals surface area contributed by atoms with Crippen molar-refractivity contribution in [3.05, 3.63) is 33.8 Å². The predicted molar refractivity (Wildman–Crippen MR) is 78.8 cm³/mol. The van der Waals surface area contributed by atoms with E-state index in [4.69, 9.17) is 28.9 Å². The van der Waals surface area contributed by atoms with Gasteiger partial charge >= 0.3 is 0 Å². The van der Waals surface area contributed by atoms with Crippen LogP contribution in [0.1, 0.15) is 36.5 Å². The number of nitrogens with zero attached hydrogens (tertiary/aromatic N) is 1. The lowest BCUT2D eigenvalue weighted by molar-refractivity contribution is 0.0494. The van der Waals surface area contributed by atoms with E-state index in [1.165, 1.54) is 0 Å². The second-order valence-electron chi connectivity index (χ2n) is 5.01. The van der Waals surface area contributed by atoms with Crippen LogP contribution in [-0.4, -0.2) is 29.4 Å². The number of piperidine rings is 1. The molecule has 0 saturated carbocycles. The van der Waals surface area contributed by atoms with Gasteiger partial charge in [0.1, 0.15) is 0 Å². The highest BCUT2D eigenvalue weighted by atomic mass is 35.5. The maximum atomic E-state index is 12.7. The molecule has 1 heterocycles. The van der Waals surface area contributed by atoms with Crippen LogP contribution in [0.25, 0.3) is 0 Å². The summed E-state index contributed by atoms with van der Waals surface area (Å²) >= 11 is 12.1. The molecule has 1 aliphatic heterocycles. The second-order valence-corrected chi connectivity index (χ2v) is 5.85. The quantitative estimate of drug-likeness (QED) is 0.910. The number of rotatable bonds is 2. The fourth-order valence-electron chi connectivity index (χ4n) is 2.68. The molecule has 0 aromatic heterocycles. The number of likely N-dealkylation sites (tertiary alicyclic amines) is 1. The highest BCUT2D eigenvalue weighted by Crippen LogP contribution is 2.28. The summed E-state index contributed by atoms with van der Waals surface area (Å²) in [6.07, 6.45) is 3.06. The molecule has 1 aromatic carbocycles. The monoisotopic (exact) mass is 300 g/mol. The Hall–Kier alpha value is -0.770. The fraction of sp³-hybridized carbons (Fsp3) is 0.500. The fourth-order valence-corrected chi connectivity index (χ4v) is 3.06. The predicted octanol–water partition coefficient (Wildman–Crippen LogP) is 3.34. The van der Waals surface area contributed by atoms with Crippen LogP contribution >= 0.6 is 23.2 Å². The molecule has 0 bridgehead atoms. The number of amides is 1. The summed E-state index contributed by atoms with van der Waals surface area (Å²) < 4.78 is 0. The van der Waals surface area contributed by atoms with Crippen molar-refractivity contribution in [2.45, 2.75) is 38.3 Å². The molecule has 1 aliphatic rings. The second kappa shape index (κ2) is 6.12. The highest BCUT2D eigenvalue weighted by Gasteiger charge is 2.32. The highest BCUT2D eigenvalue weighted by molar-refractivity contribution is 6.35. The summed E-state index contributed by atoms with van der Waals surface area (Å²) in [6.45, 7) is 2.53. The molecule has 2 unspecified atom stereocenters. The normalized spacial score (nSPS) is 23.5. The summed E-state index contributed by atoms with van der Waals surface area (Å²) in [6, 6.07) is 5.24. The van der Waals surface area contributed by atoms with E-state index in [9.17, 15) is 4.79 Å². The van der Waals surface area contributed by atoms with Gasteiger partial charge in [-0.2, -0.15) is 0 Å². The minimum Gasteiger partial charge on any atom is -0.332 e. The van der Waals surface area contributed by atoms with Crippen LogP contribution in [-0.2, 0) is 0 Å². The van der Waals surface area contributed by atoms with Crippen molar-refractivity contribution in [3.8, 4) is 0 Å². The zero-order valence-corrected chi connectivity index (χ0v) is 12.4. The van der Waals surface area contributed by atoms with E-state index < -0.39 is 0 Å². The van der Waals surface area contributed by atoms with Crippen molar-refractivity contribution >= 4 is 29.1 Å². The lowest BCUT2D eigenvalue weighted by Crippen LogP contribution is -2.51. The van der Waals surface area contributed by atoms with Crippen molar-refractivity contribution in [1.29, 1.82) is 0 Å². The first kappa shape index (κ1) is 14.6. The van der Waals surface area contributed by atoms with Crippen molar-refractivity contribution in [2.24, 2.45) is 5.73 Å².